The summed E-state index contributed by atoms with van der Waals surface area (Å²) >= 11 is 0. The van der Waals surface area contributed by atoms with Crippen LogP contribution in [0, 0.1) is 0 Å². The number of amides is 1. The third-order valence-corrected chi connectivity index (χ3v) is 2.44. The van der Waals surface area contributed by atoms with Crippen molar-refractivity contribution in [2.45, 2.75) is 6.18 Å². The van der Waals surface area contributed by atoms with E-state index in [4.69, 9.17) is 0 Å². The Hall–Kier alpha value is -2.58. The lowest BCUT2D eigenvalue weighted by atomic mass is 10.1. The lowest BCUT2D eigenvalue weighted by Crippen LogP contribution is -2.33. The quantitative estimate of drug-likeness (QED) is 0.765. The average molecular weight is 287 g/mol. The second-order valence-corrected chi connectivity index (χ2v) is 3.92. The highest BCUT2D eigenvalue weighted by atomic mass is 19.4. The highest BCUT2D eigenvalue weighted by molar-refractivity contribution is 5.99. The van der Waals surface area contributed by atoms with E-state index >= 15 is 0 Å². The molecule has 20 heavy (non-hydrogen) atoms. The molecule has 1 aromatic heterocycles. The van der Waals surface area contributed by atoms with Crippen LogP contribution in [0.4, 0.5) is 13.2 Å². The first-order valence-electron chi connectivity index (χ1n) is 5.33. The minimum Gasteiger partial charge on any atom is -0.506 e. The highest BCUT2D eigenvalue weighted by Gasteiger charge is 2.28. The van der Waals surface area contributed by atoms with Crippen LogP contribution in [-0.2, 0) is 0 Å². The van der Waals surface area contributed by atoms with E-state index in [0.29, 0.717) is 0 Å². The lowest BCUT2D eigenvalue weighted by Gasteiger charge is -2.09. The van der Waals surface area contributed by atoms with Crippen LogP contribution in [0.2, 0.25) is 0 Å². The van der Waals surface area contributed by atoms with Crippen molar-refractivity contribution in [1.82, 2.24) is 15.3 Å². The molecule has 0 bridgehead atoms. The predicted molar refractivity (Wildman–Crippen MR) is 62.4 cm³/mol. The zero-order chi connectivity index (χ0) is 14.9. The number of fused-ring (bicyclic) bond motifs is 1. The van der Waals surface area contributed by atoms with E-state index in [9.17, 15) is 27.9 Å². The van der Waals surface area contributed by atoms with Gasteiger partial charge in [0.15, 0.2) is 0 Å². The van der Waals surface area contributed by atoms with Crippen molar-refractivity contribution in [3.05, 3.63) is 34.4 Å². The van der Waals surface area contributed by atoms with Crippen LogP contribution in [0.1, 0.15) is 10.4 Å². The minimum atomic E-state index is -4.55. The van der Waals surface area contributed by atoms with Gasteiger partial charge in [0, 0.05) is 5.56 Å². The molecule has 0 saturated carbocycles. The smallest absolute Gasteiger partial charge is 0.405 e. The van der Waals surface area contributed by atoms with E-state index < -0.39 is 29.9 Å². The summed E-state index contributed by atoms with van der Waals surface area (Å²) in [7, 11) is 0. The number of hydrogen-bond acceptors (Lipinski definition) is 4. The predicted octanol–water partition coefficient (Wildman–Crippen LogP) is 0.921. The topological polar surface area (TPSA) is 95.1 Å². The van der Waals surface area contributed by atoms with Gasteiger partial charge < -0.3 is 15.4 Å². The van der Waals surface area contributed by atoms with Crippen LogP contribution in [0.3, 0.4) is 0 Å². The number of benzene rings is 1. The van der Waals surface area contributed by atoms with Crippen molar-refractivity contribution in [3.8, 4) is 5.75 Å². The Morgan fingerprint density at radius 1 is 1.40 bits per heavy atom. The largest absolute Gasteiger partial charge is 0.506 e. The maximum Gasteiger partial charge on any atom is 0.405 e. The first kappa shape index (κ1) is 13.8. The molecular formula is C11H8F3N3O3. The molecule has 0 unspecified atom stereocenters. The van der Waals surface area contributed by atoms with Crippen molar-refractivity contribution >= 4 is 16.8 Å². The molecule has 0 aliphatic heterocycles. The Morgan fingerprint density at radius 3 is 2.75 bits per heavy atom. The molecule has 3 N–H and O–H groups in total. The van der Waals surface area contributed by atoms with Gasteiger partial charge in [0.25, 0.3) is 11.5 Å². The van der Waals surface area contributed by atoms with Crippen LogP contribution in [0.15, 0.2) is 23.3 Å². The maximum absolute atomic E-state index is 12.0. The van der Waals surface area contributed by atoms with E-state index in [1.807, 2.05) is 0 Å². The summed E-state index contributed by atoms with van der Waals surface area (Å²) in [6.45, 7) is -1.51. The summed E-state index contributed by atoms with van der Waals surface area (Å²) in [4.78, 5) is 29.0. The third-order valence-electron chi connectivity index (χ3n) is 2.44. The number of rotatable bonds is 2. The number of aromatic nitrogens is 2. The van der Waals surface area contributed by atoms with Gasteiger partial charge in [0.05, 0.1) is 11.7 Å². The molecule has 0 spiro atoms. The summed E-state index contributed by atoms with van der Waals surface area (Å²) in [5.41, 5.74) is -0.922. The van der Waals surface area contributed by atoms with Crippen LogP contribution in [-0.4, -0.2) is 33.7 Å². The SMILES string of the molecule is O=C(NCC(F)(F)F)c1cc(O)c2nc[nH]c(=O)c2c1. The van der Waals surface area contributed by atoms with Crippen molar-refractivity contribution < 1.29 is 23.1 Å². The minimum absolute atomic E-state index is 0.0406. The normalized spacial score (nSPS) is 11.6. The molecule has 0 aliphatic carbocycles. The zero-order valence-corrected chi connectivity index (χ0v) is 9.78. The molecule has 0 aliphatic rings. The van der Waals surface area contributed by atoms with Crippen molar-refractivity contribution in [1.29, 1.82) is 0 Å². The molecule has 0 atom stereocenters. The number of aromatic hydroxyl groups is 1. The number of alkyl halides is 3. The van der Waals surface area contributed by atoms with Gasteiger partial charge in [-0.2, -0.15) is 13.2 Å². The second-order valence-electron chi connectivity index (χ2n) is 3.92. The van der Waals surface area contributed by atoms with Crippen LogP contribution >= 0.6 is 0 Å². The summed E-state index contributed by atoms with van der Waals surface area (Å²) < 4.78 is 36.0. The van der Waals surface area contributed by atoms with Crippen LogP contribution in [0.5, 0.6) is 5.75 Å². The van der Waals surface area contributed by atoms with Gasteiger partial charge in [0.1, 0.15) is 17.8 Å². The maximum atomic E-state index is 12.0. The molecule has 106 valence electrons. The summed E-state index contributed by atoms with van der Waals surface area (Å²) in [6, 6.07) is 2.01. The van der Waals surface area contributed by atoms with Gasteiger partial charge in [-0.3, -0.25) is 9.59 Å². The summed E-state index contributed by atoms with van der Waals surface area (Å²) in [6.07, 6.45) is -3.48. The number of phenols is 1. The number of carbonyl (C=O) groups excluding carboxylic acids is 1. The number of halogens is 3. The van der Waals surface area contributed by atoms with Crippen molar-refractivity contribution in [2.75, 3.05) is 6.54 Å². The first-order chi connectivity index (χ1) is 9.28. The Bertz CT molecular complexity index is 724. The molecule has 2 rings (SSSR count). The molecule has 1 heterocycles. The number of phenolic OH excluding ortho intramolecular Hbond substituents is 1. The van der Waals surface area contributed by atoms with E-state index in [-0.39, 0.29) is 16.5 Å². The lowest BCUT2D eigenvalue weighted by molar-refractivity contribution is -0.123. The number of carbonyl (C=O) groups is 1. The number of aromatic amines is 1. The zero-order valence-electron chi connectivity index (χ0n) is 9.78. The van der Waals surface area contributed by atoms with Gasteiger partial charge in [-0.05, 0) is 12.1 Å². The number of H-pyrrole nitrogens is 1. The second kappa shape index (κ2) is 4.83. The average Bonchev–Trinajstić information content (AvgIpc) is 2.36. The molecule has 9 heteroatoms. The van der Waals surface area contributed by atoms with E-state index in [1.54, 1.807) is 5.32 Å². The Morgan fingerprint density at radius 2 is 2.10 bits per heavy atom. The van der Waals surface area contributed by atoms with E-state index in [2.05, 4.69) is 9.97 Å². The fraction of sp³-hybridized carbons (Fsp3) is 0.182. The van der Waals surface area contributed by atoms with Gasteiger partial charge in [-0.25, -0.2) is 4.98 Å². The molecule has 1 amide bonds. The van der Waals surface area contributed by atoms with Gasteiger partial charge in [-0.15, -0.1) is 0 Å². The first-order valence-corrected chi connectivity index (χ1v) is 5.33. The molecule has 6 nitrogen and oxygen atoms in total. The van der Waals surface area contributed by atoms with Gasteiger partial charge in [-0.1, -0.05) is 0 Å². The van der Waals surface area contributed by atoms with Crippen molar-refractivity contribution in [3.63, 3.8) is 0 Å². The molecule has 0 saturated heterocycles. The Labute approximate surface area is 109 Å². The summed E-state index contributed by atoms with van der Waals surface area (Å²) in [5.74, 6) is -1.52. The molecule has 0 radical (unpaired) electrons. The number of nitrogens with one attached hydrogen (secondary N) is 2. The Kier molecular flexibility index (Phi) is 3.35. The fourth-order valence-corrected chi connectivity index (χ4v) is 1.57. The molecule has 1 aromatic carbocycles. The fourth-order valence-electron chi connectivity index (χ4n) is 1.57. The highest BCUT2D eigenvalue weighted by Crippen LogP contribution is 2.22. The monoisotopic (exact) mass is 287 g/mol. The standard InChI is InChI=1S/C11H8F3N3O3/c12-11(13,14)3-15-9(19)5-1-6-8(7(18)2-5)16-4-17-10(6)20/h1-2,4,18H,3H2,(H,15,19)(H,16,17,20). The third kappa shape index (κ3) is 2.87. The van der Waals surface area contributed by atoms with E-state index in [0.717, 1.165) is 18.5 Å². The number of hydrogen-bond donors (Lipinski definition) is 3. The van der Waals surface area contributed by atoms with Crippen LogP contribution in [0.25, 0.3) is 10.9 Å². The van der Waals surface area contributed by atoms with Crippen molar-refractivity contribution in [2.24, 2.45) is 0 Å². The van der Waals surface area contributed by atoms with Gasteiger partial charge >= 0.3 is 6.18 Å². The molecule has 0 fully saturated rings. The van der Waals surface area contributed by atoms with E-state index in [1.165, 1.54) is 0 Å². The molecular weight excluding hydrogens is 279 g/mol. The number of nitrogens with zero attached hydrogens (tertiary/aromatic N) is 1. The van der Waals surface area contributed by atoms with Crippen LogP contribution < -0.4 is 10.9 Å². The van der Waals surface area contributed by atoms with Gasteiger partial charge in [0.2, 0.25) is 0 Å². The molecule has 2 aromatic rings. The summed E-state index contributed by atoms with van der Waals surface area (Å²) in [5, 5.41) is 11.2. The Balaban J connectivity index is 2.39.